The van der Waals surface area contributed by atoms with Crippen molar-refractivity contribution in [3.63, 3.8) is 0 Å². The predicted octanol–water partition coefficient (Wildman–Crippen LogP) is 3.56. The number of nitrogens with one attached hydrogen (secondary N) is 3. The van der Waals surface area contributed by atoms with Gasteiger partial charge in [-0.25, -0.2) is 19.3 Å². The summed E-state index contributed by atoms with van der Waals surface area (Å²) < 4.78 is 37.2. The summed E-state index contributed by atoms with van der Waals surface area (Å²) in [5.41, 5.74) is 2.40. The first-order valence-electron chi connectivity index (χ1n) is 11.9. The van der Waals surface area contributed by atoms with E-state index in [4.69, 9.17) is 4.11 Å². The van der Waals surface area contributed by atoms with Crippen LogP contribution < -0.4 is 10.6 Å². The fraction of sp³-hybridized carbons (Fsp3) is 0.318. The van der Waals surface area contributed by atoms with Crippen LogP contribution in [0.4, 0.5) is 15.8 Å². The molecule has 0 saturated heterocycles. The highest BCUT2D eigenvalue weighted by Gasteiger charge is 2.23. The minimum atomic E-state index is -2.41. The molecule has 4 aromatic rings. The molecule has 0 aliphatic heterocycles. The first kappa shape index (κ1) is 16.8. The van der Waals surface area contributed by atoms with Gasteiger partial charge in [-0.3, -0.25) is 9.48 Å². The van der Waals surface area contributed by atoms with E-state index < -0.39 is 18.7 Å². The lowest BCUT2D eigenvalue weighted by atomic mass is 10.1. The summed E-state index contributed by atoms with van der Waals surface area (Å²) in [6.45, 7) is -2.36. The van der Waals surface area contributed by atoms with Crippen molar-refractivity contribution in [3.8, 4) is 0 Å². The molecule has 1 aliphatic rings. The number of fused-ring (bicyclic) bond motifs is 1. The van der Waals surface area contributed by atoms with Gasteiger partial charge in [0.25, 0.3) is 5.91 Å². The Bertz CT molecular complexity index is 1380. The Morgan fingerprint density at radius 2 is 2.16 bits per heavy atom. The minimum absolute atomic E-state index is 0.0505. The predicted molar refractivity (Wildman–Crippen MR) is 117 cm³/mol. The van der Waals surface area contributed by atoms with Crippen LogP contribution in [-0.2, 0) is 13.5 Å². The Labute approximate surface area is 187 Å². The van der Waals surface area contributed by atoms with Gasteiger partial charge in [0, 0.05) is 35.4 Å². The van der Waals surface area contributed by atoms with Crippen molar-refractivity contribution in [1.29, 1.82) is 0 Å². The zero-order valence-corrected chi connectivity index (χ0v) is 17.1. The van der Waals surface area contributed by atoms with Crippen LogP contribution in [0.15, 0.2) is 36.9 Å². The van der Waals surface area contributed by atoms with Crippen molar-refractivity contribution in [2.75, 3.05) is 5.32 Å². The Balaban J connectivity index is 1.30. The number of hydrogen-bond acceptors (Lipinski definition) is 6. The highest BCUT2D eigenvalue weighted by Crippen LogP contribution is 2.33. The molecule has 164 valence electrons. The number of carbonyl (C=O) groups is 1. The molecule has 32 heavy (non-hydrogen) atoms. The molecule has 10 heteroatoms. The molecule has 1 aromatic carbocycles. The number of aryl methyl sites for hydroxylation is 1. The number of imidazole rings is 1. The lowest BCUT2D eigenvalue weighted by molar-refractivity contribution is 0.0947. The van der Waals surface area contributed by atoms with Crippen molar-refractivity contribution in [1.82, 2.24) is 35.0 Å². The molecule has 0 unspecified atom stereocenters. The van der Waals surface area contributed by atoms with Crippen LogP contribution in [0.1, 0.15) is 57.6 Å². The summed E-state index contributed by atoms with van der Waals surface area (Å²) in [5.74, 6) is 0.221. The molecule has 3 aromatic heterocycles. The van der Waals surface area contributed by atoms with E-state index in [0.29, 0.717) is 34.0 Å². The maximum Gasteiger partial charge on any atom is 0.272 e. The molecule has 0 spiro atoms. The second-order valence-electron chi connectivity index (χ2n) is 7.85. The molecule has 0 atom stereocenters. The SMILES string of the molecule is [2H]C([2H])([2H])n1cc(Nc2cc(F)cc(CNC(=O)c3ncnc4nc(C5CCCC5)[nH]c34)c2)cn1. The van der Waals surface area contributed by atoms with Crippen molar-refractivity contribution in [2.45, 2.75) is 38.1 Å². The molecule has 0 bridgehead atoms. The molecule has 1 fully saturated rings. The van der Waals surface area contributed by atoms with Crippen molar-refractivity contribution >= 4 is 28.4 Å². The molecule has 3 heterocycles. The lowest BCUT2D eigenvalue weighted by Crippen LogP contribution is -2.24. The van der Waals surface area contributed by atoms with Gasteiger partial charge in [0.05, 0.1) is 11.9 Å². The average molecular weight is 437 g/mol. The number of amides is 1. The summed E-state index contributed by atoms with van der Waals surface area (Å²) in [5, 5.41) is 9.49. The van der Waals surface area contributed by atoms with E-state index in [1.54, 1.807) is 6.07 Å². The number of aromatic amines is 1. The smallest absolute Gasteiger partial charge is 0.272 e. The number of aromatic nitrogens is 6. The zero-order valence-electron chi connectivity index (χ0n) is 20.1. The first-order chi connectivity index (χ1) is 16.8. The Hall–Kier alpha value is -3.82. The quantitative estimate of drug-likeness (QED) is 0.425. The van der Waals surface area contributed by atoms with Crippen LogP contribution >= 0.6 is 0 Å². The fourth-order valence-corrected chi connectivity index (χ4v) is 4.06. The molecular weight excluding hydrogens is 411 g/mol. The molecular formula is C22H23FN8O. The summed E-state index contributed by atoms with van der Waals surface area (Å²) in [6, 6.07) is 4.22. The van der Waals surface area contributed by atoms with Gasteiger partial charge in [0.1, 0.15) is 23.5 Å². The number of halogens is 1. The molecule has 9 nitrogen and oxygen atoms in total. The maximum atomic E-state index is 14.2. The Kier molecular flexibility index (Phi) is 4.40. The first-order valence-corrected chi connectivity index (χ1v) is 10.4. The van der Waals surface area contributed by atoms with E-state index >= 15 is 0 Å². The highest BCUT2D eigenvalue weighted by molar-refractivity contribution is 6.02. The minimum Gasteiger partial charge on any atom is -0.353 e. The summed E-state index contributed by atoms with van der Waals surface area (Å²) in [7, 11) is 0. The van der Waals surface area contributed by atoms with E-state index in [1.807, 2.05) is 0 Å². The third-order valence-corrected chi connectivity index (χ3v) is 5.55. The molecule has 1 amide bonds. The van der Waals surface area contributed by atoms with E-state index in [9.17, 15) is 9.18 Å². The fourth-order valence-electron chi connectivity index (χ4n) is 4.06. The van der Waals surface area contributed by atoms with Gasteiger partial charge >= 0.3 is 0 Å². The standard InChI is InChI=1S/C22H23FN8O/c1-31-11-17(10-27-31)28-16-7-13(6-15(23)8-16)9-24-22(32)19-18-21(26-12-25-19)30-20(29-18)14-4-2-3-5-14/h6-8,10-12,14,28H,2-5,9H2,1H3,(H,24,32)(H,25,26,29,30)/i1D3. The van der Waals surface area contributed by atoms with Crippen molar-refractivity contribution < 1.29 is 13.3 Å². The highest BCUT2D eigenvalue weighted by atomic mass is 19.1. The van der Waals surface area contributed by atoms with Gasteiger partial charge in [-0.05, 0) is 36.6 Å². The molecule has 0 radical (unpaired) electrons. The topological polar surface area (TPSA) is 113 Å². The van der Waals surface area contributed by atoms with E-state index in [0.717, 1.165) is 36.2 Å². The monoisotopic (exact) mass is 437 g/mol. The number of benzene rings is 1. The third-order valence-electron chi connectivity index (χ3n) is 5.55. The number of H-pyrrole nitrogens is 1. The van der Waals surface area contributed by atoms with Gasteiger partial charge in [-0.2, -0.15) is 5.10 Å². The van der Waals surface area contributed by atoms with Crippen LogP contribution in [0.3, 0.4) is 0 Å². The molecule has 1 aliphatic carbocycles. The Morgan fingerprint density at radius 1 is 1.28 bits per heavy atom. The summed E-state index contributed by atoms with van der Waals surface area (Å²) >= 11 is 0. The lowest BCUT2D eigenvalue weighted by Gasteiger charge is -2.09. The average Bonchev–Trinajstić information content (AvgIpc) is 3.56. The van der Waals surface area contributed by atoms with Crippen molar-refractivity contribution in [2.24, 2.45) is 6.98 Å². The zero-order chi connectivity index (χ0) is 24.6. The summed E-state index contributed by atoms with van der Waals surface area (Å²) in [4.78, 5) is 29.0. The molecule has 3 N–H and O–H groups in total. The second kappa shape index (κ2) is 8.37. The van der Waals surface area contributed by atoms with Crippen LogP contribution in [-0.4, -0.2) is 35.6 Å². The van der Waals surface area contributed by atoms with Gasteiger partial charge in [0.15, 0.2) is 11.3 Å². The number of rotatable bonds is 6. The molecule has 5 rings (SSSR count). The molecule has 1 saturated carbocycles. The number of anilines is 2. The Morgan fingerprint density at radius 3 is 2.97 bits per heavy atom. The van der Waals surface area contributed by atoms with Crippen LogP contribution in [0.2, 0.25) is 0 Å². The van der Waals surface area contributed by atoms with Gasteiger partial charge in [-0.1, -0.05) is 12.8 Å². The van der Waals surface area contributed by atoms with Crippen LogP contribution in [0.5, 0.6) is 0 Å². The largest absolute Gasteiger partial charge is 0.353 e. The van der Waals surface area contributed by atoms with Crippen LogP contribution in [0.25, 0.3) is 11.2 Å². The van der Waals surface area contributed by atoms with Crippen LogP contribution in [0, 0.1) is 5.82 Å². The third kappa shape index (κ3) is 4.16. The van der Waals surface area contributed by atoms with Gasteiger partial charge < -0.3 is 15.6 Å². The van der Waals surface area contributed by atoms with Gasteiger partial charge in [-0.15, -0.1) is 0 Å². The number of nitrogens with zero attached hydrogens (tertiary/aromatic N) is 5. The maximum absolute atomic E-state index is 14.2. The van der Waals surface area contributed by atoms with E-state index in [-0.39, 0.29) is 12.2 Å². The van der Waals surface area contributed by atoms with E-state index in [1.165, 1.54) is 30.9 Å². The van der Waals surface area contributed by atoms with Crippen molar-refractivity contribution in [3.05, 3.63) is 59.8 Å². The van der Waals surface area contributed by atoms with Gasteiger partial charge in [0.2, 0.25) is 0 Å². The van der Waals surface area contributed by atoms with E-state index in [2.05, 4.69) is 35.7 Å². The number of hydrogen-bond donors (Lipinski definition) is 3. The second-order valence-corrected chi connectivity index (χ2v) is 7.85. The number of carbonyl (C=O) groups excluding carboxylic acids is 1. The summed E-state index contributed by atoms with van der Waals surface area (Å²) in [6.07, 6.45) is 8.39. The normalized spacial score (nSPS) is 16.0.